The van der Waals surface area contributed by atoms with E-state index in [9.17, 15) is 4.39 Å². The molecule has 1 N–H and O–H groups in total. The van der Waals surface area contributed by atoms with Crippen molar-refractivity contribution in [2.24, 2.45) is 17.8 Å². The number of benzene rings is 1. The zero-order valence-corrected chi connectivity index (χ0v) is 17.1. The van der Waals surface area contributed by atoms with Gasteiger partial charge in [0, 0.05) is 23.7 Å². The molecule has 6 rings (SSSR count). The van der Waals surface area contributed by atoms with Crippen molar-refractivity contribution in [1.29, 1.82) is 0 Å². The summed E-state index contributed by atoms with van der Waals surface area (Å²) in [6.45, 7) is 2.23. The second-order valence-corrected chi connectivity index (χ2v) is 8.96. The van der Waals surface area contributed by atoms with Crippen LogP contribution in [0.15, 0.2) is 42.7 Å². The maximum Gasteiger partial charge on any atom is 0.157 e. The van der Waals surface area contributed by atoms with Gasteiger partial charge in [-0.2, -0.15) is 0 Å². The monoisotopic (exact) mass is 422 g/mol. The predicted octanol–water partition coefficient (Wildman–Crippen LogP) is 5.51. The third-order valence-corrected chi connectivity index (χ3v) is 6.96. The van der Waals surface area contributed by atoms with Crippen molar-refractivity contribution in [3.63, 3.8) is 0 Å². The second kappa shape index (κ2) is 6.64. The Morgan fingerprint density at radius 1 is 1.13 bits per heavy atom. The fraction of sp³-hybridized carbons (Fsp3) is 0.348. The standard InChI is InChI=1S/C23H20ClFN4O/c1-11(22-28-19-6-12(24)10-27-23(19)29-22)21-15-8-14(9-16(15)21)30-20-4-5-26-18-3-2-13(25)7-17(18)20/h2-7,10-11,14-16,21H,8-9H2,1H3,(H,27,28,29)/t11?,14?,15-,16+,21?. The number of nitrogens with one attached hydrogen (secondary N) is 1. The first-order valence-electron chi connectivity index (χ1n) is 10.3. The lowest BCUT2D eigenvalue weighted by atomic mass is 9.97. The quantitative estimate of drug-likeness (QED) is 0.471. The van der Waals surface area contributed by atoms with Crippen LogP contribution in [0, 0.1) is 23.6 Å². The number of H-pyrrole nitrogens is 1. The van der Waals surface area contributed by atoms with Gasteiger partial charge >= 0.3 is 0 Å². The molecule has 30 heavy (non-hydrogen) atoms. The summed E-state index contributed by atoms with van der Waals surface area (Å²) in [4.78, 5) is 16.7. The van der Waals surface area contributed by atoms with E-state index >= 15 is 0 Å². The van der Waals surface area contributed by atoms with Gasteiger partial charge in [-0.25, -0.2) is 14.4 Å². The van der Waals surface area contributed by atoms with E-state index in [1.165, 1.54) is 12.1 Å². The lowest BCUT2D eigenvalue weighted by molar-refractivity contribution is 0.186. The van der Waals surface area contributed by atoms with Gasteiger partial charge in [-0.15, -0.1) is 0 Å². The Labute approximate surface area is 177 Å². The highest BCUT2D eigenvalue weighted by atomic mass is 35.5. The third-order valence-electron chi connectivity index (χ3n) is 6.76. The maximum atomic E-state index is 13.7. The van der Waals surface area contributed by atoms with Crippen molar-refractivity contribution in [1.82, 2.24) is 19.9 Å². The van der Waals surface area contributed by atoms with Crippen molar-refractivity contribution in [3.8, 4) is 5.75 Å². The molecule has 5 atom stereocenters. The lowest BCUT2D eigenvalue weighted by Crippen LogP contribution is -2.17. The van der Waals surface area contributed by atoms with Crippen LogP contribution in [0.2, 0.25) is 5.02 Å². The molecule has 0 radical (unpaired) electrons. The highest BCUT2D eigenvalue weighted by Gasteiger charge is 2.59. The SMILES string of the molecule is CC(c1nc2cc(Cl)cnc2[nH]1)C1[C@H]2CC(Oc3ccnc4ccc(F)cc34)C[C@@H]12. The van der Waals surface area contributed by atoms with Gasteiger partial charge in [0.2, 0.25) is 0 Å². The van der Waals surface area contributed by atoms with Crippen LogP contribution in [-0.2, 0) is 0 Å². The first-order chi connectivity index (χ1) is 14.6. The van der Waals surface area contributed by atoms with Gasteiger partial charge in [0.25, 0.3) is 0 Å². The smallest absolute Gasteiger partial charge is 0.157 e. The number of aromatic nitrogens is 4. The largest absolute Gasteiger partial charge is 0.490 e. The second-order valence-electron chi connectivity index (χ2n) is 8.52. The first kappa shape index (κ1) is 18.1. The molecule has 3 heterocycles. The molecule has 5 nitrogen and oxygen atoms in total. The molecule has 0 aliphatic heterocycles. The molecule has 3 aromatic heterocycles. The van der Waals surface area contributed by atoms with Crippen LogP contribution in [0.25, 0.3) is 22.1 Å². The lowest BCUT2D eigenvalue weighted by Gasteiger charge is -2.19. The number of halogens is 2. The van der Waals surface area contributed by atoms with Gasteiger partial charge in [-0.05, 0) is 60.9 Å². The zero-order chi connectivity index (χ0) is 20.4. The number of hydrogen-bond acceptors (Lipinski definition) is 4. The van der Waals surface area contributed by atoms with Crippen LogP contribution >= 0.6 is 11.6 Å². The summed E-state index contributed by atoms with van der Waals surface area (Å²) in [5, 5.41) is 1.33. The van der Waals surface area contributed by atoms with Crippen LogP contribution in [-0.4, -0.2) is 26.0 Å². The molecule has 2 fully saturated rings. The number of pyridine rings is 2. The highest BCUT2D eigenvalue weighted by Crippen LogP contribution is 2.63. The molecule has 152 valence electrons. The van der Waals surface area contributed by atoms with Crippen molar-refractivity contribution in [3.05, 3.63) is 59.4 Å². The average molecular weight is 423 g/mol. The Hall–Kier alpha value is -2.73. The summed E-state index contributed by atoms with van der Waals surface area (Å²) in [5.74, 6) is 3.64. The summed E-state index contributed by atoms with van der Waals surface area (Å²) in [6, 6.07) is 8.29. The molecule has 2 saturated carbocycles. The van der Waals surface area contributed by atoms with Crippen LogP contribution < -0.4 is 4.74 Å². The highest BCUT2D eigenvalue weighted by molar-refractivity contribution is 6.31. The van der Waals surface area contributed by atoms with E-state index in [0.717, 1.165) is 46.5 Å². The molecule has 4 aromatic rings. The Morgan fingerprint density at radius 2 is 1.97 bits per heavy atom. The van der Waals surface area contributed by atoms with Crippen LogP contribution in [0.1, 0.15) is 31.5 Å². The number of ether oxygens (including phenoxy) is 1. The van der Waals surface area contributed by atoms with Gasteiger partial charge in [-0.3, -0.25) is 4.98 Å². The average Bonchev–Trinajstić information content (AvgIpc) is 3.06. The summed E-state index contributed by atoms with van der Waals surface area (Å²) in [6.07, 6.45) is 5.55. The number of hydrogen-bond donors (Lipinski definition) is 1. The molecule has 7 heteroatoms. The normalized spacial score (nSPS) is 26.1. The van der Waals surface area contributed by atoms with Gasteiger partial charge in [0.05, 0.1) is 16.6 Å². The summed E-state index contributed by atoms with van der Waals surface area (Å²) in [5.41, 5.74) is 2.35. The van der Waals surface area contributed by atoms with Gasteiger partial charge < -0.3 is 9.72 Å². The Balaban J connectivity index is 1.16. The molecule has 0 saturated heterocycles. The molecule has 3 unspecified atom stereocenters. The molecule has 2 aliphatic rings. The van der Waals surface area contributed by atoms with Crippen molar-refractivity contribution < 1.29 is 9.13 Å². The first-order valence-corrected chi connectivity index (χ1v) is 10.7. The summed E-state index contributed by atoms with van der Waals surface area (Å²) < 4.78 is 20.0. The Morgan fingerprint density at radius 3 is 2.80 bits per heavy atom. The predicted molar refractivity (Wildman–Crippen MR) is 113 cm³/mol. The molecule has 2 aliphatic carbocycles. The molecule has 1 aromatic carbocycles. The fourth-order valence-electron chi connectivity index (χ4n) is 5.34. The molecule has 0 amide bonds. The number of aromatic amines is 1. The van der Waals surface area contributed by atoms with E-state index in [1.54, 1.807) is 18.5 Å². The fourth-order valence-corrected chi connectivity index (χ4v) is 5.49. The summed E-state index contributed by atoms with van der Waals surface area (Å²) >= 11 is 6.03. The van der Waals surface area contributed by atoms with Crippen molar-refractivity contribution >= 4 is 33.7 Å². The van der Waals surface area contributed by atoms with E-state index in [2.05, 4.69) is 21.9 Å². The minimum absolute atomic E-state index is 0.161. The minimum atomic E-state index is -0.273. The number of imidazole rings is 1. The third kappa shape index (κ3) is 2.93. The number of rotatable bonds is 4. The molecular formula is C23H20ClFN4O. The van der Waals surface area contributed by atoms with E-state index in [1.807, 2.05) is 12.1 Å². The van der Waals surface area contributed by atoms with Gasteiger partial charge in [0.1, 0.15) is 22.9 Å². The van der Waals surface area contributed by atoms with Crippen molar-refractivity contribution in [2.75, 3.05) is 0 Å². The van der Waals surface area contributed by atoms with Crippen LogP contribution in [0.4, 0.5) is 4.39 Å². The van der Waals surface area contributed by atoms with Crippen LogP contribution in [0.5, 0.6) is 5.75 Å². The van der Waals surface area contributed by atoms with E-state index in [0.29, 0.717) is 28.7 Å². The number of nitrogens with zero attached hydrogens (tertiary/aromatic N) is 3. The van der Waals surface area contributed by atoms with Gasteiger partial charge in [-0.1, -0.05) is 18.5 Å². The summed E-state index contributed by atoms with van der Waals surface area (Å²) in [7, 11) is 0. The molecule has 0 spiro atoms. The Kier molecular flexibility index (Phi) is 4.00. The molecule has 0 bridgehead atoms. The van der Waals surface area contributed by atoms with E-state index in [-0.39, 0.29) is 11.9 Å². The molecular weight excluding hydrogens is 403 g/mol. The zero-order valence-electron chi connectivity index (χ0n) is 16.3. The van der Waals surface area contributed by atoms with E-state index < -0.39 is 0 Å². The van der Waals surface area contributed by atoms with Gasteiger partial charge in [0.15, 0.2) is 5.65 Å². The minimum Gasteiger partial charge on any atom is -0.490 e. The van der Waals surface area contributed by atoms with Crippen molar-refractivity contribution in [2.45, 2.75) is 31.8 Å². The maximum absolute atomic E-state index is 13.7. The van der Waals surface area contributed by atoms with Crippen LogP contribution in [0.3, 0.4) is 0 Å². The topological polar surface area (TPSA) is 63.7 Å². The number of fused-ring (bicyclic) bond motifs is 3. The Bertz CT molecular complexity index is 1260. The van der Waals surface area contributed by atoms with E-state index in [4.69, 9.17) is 21.3 Å².